The third kappa shape index (κ3) is 7.51. The minimum absolute atomic E-state index is 0.163. The van der Waals surface area contributed by atoms with Crippen molar-refractivity contribution in [2.24, 2.45) is 0 Å². The average molecular weight is 409 g/mol. The minimum Gasteiger partial charge on any atom is -0.463 e. The highest BCUT2D eigenvalue weighted by molar-refractivity contribution is 5.92. The summed E-state index contributed by atoms with van der Waals surface area (Å²) in [5.41, 5.74) is 2.16. The van der Waals surface area contributed by atoms with Crippen LogP contribution in [0.25, 0.3) is 0 Å². The zero-order chi connectivity index (χ0) is 21.8. The smallest absolute Gasteiger partial charge is 0.336 e. The summed E-state index contributed by atoms with van der Waals surface area (Å²) >= 11 is 0. The third-order valence-corrected chi connectivity index (χ3v) is 5.14. The molecule has 0 heterocycles. The van der Waals surface area contributed by atoms with Gasteiger partial charge >= 0.3 is 11.9 Å². The molecule has 2 aromatic rings. The quantitative estimate of drug-likeness (QED) is 0.198. The molecule has 0 aliphatic carbocycles. The van der Waals surface area contributed by atoms with Crippen molar-refractivity contribution in [1.82, 2.24) is 0 Å². The Labute approximate surface area is 179 Å². The zero-order valence-corrected chi connectivity index (χ0v) is 18.2. The van der Waals surface area contributed by atoms with Gasteiger partial charge in [0.05, 0.1) is 6.61 Å². The second-order valence-corrected chi connectivity index (χ2v) is 7.85. The van der Waals surface area contributed by atoms with Crippen LogP contribution in [0.5, 0.6) is 5.75 Å². The molecule has 0 aliphatic heterocycles. The second kappa shape index (κ2) is 12.0. The molecule has 30 heavy (non-hydrogen) atoms. The largest absolute Gasteiger partial charge is 0.463 e. The van der Waals surface area contributed by atoms with Gasteiger partial charge in [0.2, 0.25) is 0 Å². The van der Waals surface area contributed by atoms with Crippen molar-refractivity contribution >= 4 is 11.9 Å². The lowest BCUT2D eigenvalue weighted by Gasteiger charge is -2.26. The van der Waals surface area contributed by atoms with E-state index in [9.17, 15) is 9.59 Å². The average Bonchev–Trinajstić information content (AvgIpc) is 2.76. The van der Waals surface area contributed by atoms with Gasteiger partial charge in [-0.05, 0) is 29.7 Å². The van der Waals surface area contributed by atoms with E-state index in [-0.39, 0.29) is 5.41 Å². The molecular formula is C26H32O4. The minimum atomic E-state index is -0.607. The fraction of sp³-hybridized carbons (Fsp3) is 0.385. The topological polar surface area (TPSA) is 52.6 Å². The SMILES string of the molecule is CCCCCCCOC(=O)/C=C/C(=O)Oc1ccc(C(C)(C)c2ccccc2)cc1. The van der Waals surface area contributed by atoms with Gasteiger partial charge in [0.15, 0.2) is 0 Å². The lowest BCUT2D eigenvalue weighted by molar-refractivity contribution is -0.138. The molecule has 4 heteroatoms. The van der Waals surface area contributed by atoms with Crippen LogP contribution in [-0.2, 0) is 19.7 Å². The highest BCUT2D eigenvalue weighted by atomic mass is 16.5. The van der Waals surface area contributed by atoms with Crippen molar-refractivity contribution in [2.75, 3.05) is 6.61 Å². The maximum absolute atomic E-state index is 12.0. The molecule has 0 aromatic heterocycles. The number of rotatable bonds is 11. The maximum atomic E-state index is 12.0. The Bertz CT molecular complexity index is 820. The van der Waals surface area contributed by atoms with Crippen LogP contribution < -0.4 is 4.74 Å². The van der Waals surface area contributed by atoms with Crippen LogP contribution in [0.2, 0.25) is 0 Å². The summed E-state index contributed by atoms with van der Waals surface area (Å²) in [5, 5.41) is 0. The van der Waals surface area contributed by atoms with Crippen LogP contribution in [0, 0.1) is 0 Å². The van der Waals surface area contributed by atoms with Gasteiger partial charge in [0, 0.05) is 17.6 Å². The van der Waals surface area contributed by atoms with Gasteiger partial charge in [-0.1, -0.05) is 88.9 Å². The Morgan fingerprint density at radius 2 is 1.40 bits per heavy atom. The summed E-state index contributed by atoms with van der Waals surface area (Å²) in [4.78, 5) is 23.6. The van der Waals surface area contributed by atoms with Crippen LogP contribution in [0.15, 0.2) is 66.7 Å². The van der Waals surface area contributed by atoms with E-state index in [1.165, 1.54) is 18.4 Å². The van der Waals surface area contributed by atoms with Crippen LogP contribution in [0.4, 0.5) is 0 Å². The van der Waals surface area contributed by atoms with Gasteiger partial charge < -0.3 is 9.47 Å². The normalized spacial score (nSPS) is 11.4. The Hall–Kier alpha value is -2.88. The highest BCUT2D eigenvalue weighted by Gasteiger charge is 2.22. The van der Waals surface area contributed by atoms with E-state index >= 15 is 0 Å². The summed E-state index contributed by atoms with van der Waals surface area (Å²) in [7, 11) is 0. The van der Waals surface area contributed by atoms with E-state index in [0.717, 1.165) is 37.0 Å². The molecule has 0 radical (unpaired) electrons. The first-order chi connectivity index (χ1) is 14.4. The molecule has 0 saturated carbocycles. The lowest BCUT2D eigenvalue weighted by atomic mass is 9.78. The fourth-order valence-corrected chi connectivity index (χ4v) is 3.17. The first-order valence-corrected chi connectivity index (χ1v) is 10.7. The molecule has 2 rings (SSSR count). The molecule has 160 valence electrons. The van der Waals surface area contributed by atoms with Crippen molar-refractivity contribution < 1.29 is 19.1 Å². The van der Waals surface area contributed by atoms with Gasteiger partial charge in [0.1, 0.15) is 5.75 Å². The number of hydrogen-bond acceptors (Lipinski definition) is 4. The van der Waals surface area contributed by atoms with Crippen molar-refractivity contribution in [1.29, 1.82) is 0 Å². The molecular weight excluding hydrogens is 376 g/mol. The molecule has 0 spiro atoms. The monoisotopic (exact) mass is 408 g/mol. The predicted molar refractivity (Wildman–Crippen MR) is 120 cm³/mol. The van der Waals surface area contributed by atoms with E-state index in [1.54, 1.807) is 12.1 Å². The summed E-state index contributed by atoms with van der Waals surface area (Å²) in [6.45, 7) is 6.84. The standard InChI is InChI=1S/C26H32O4/c1-4-5-6-7-11-20-29-24(27)18-19-25(28)30-23-16-14-22(15-17-23)26(2,3)21-12-9-8-10-13-21/h8-10,12-19H,4-7,11,20H2,1-3H3/b19-18+. The Kier molecular flexibility index (Phi) is 9.33. The van der Waals surface area contributed by atoms with Crippen LogP contribution in [0.1, 0.15) is 64.0 Å². The molecule has 0 N–H and O–H groups in total. The van der Waals surface area contributed by atoms with Crippen LogP contribution >= 0.6 is 0 Å². The van der Waals surface area contributed by atoms with Crippen molar-refractivity contribution in [2.45, 2.75) is 58.3 Å². The number of carbonyl (C=O) groups is 2. The zero-order valence-electron chi connectivity index (χ0n) is 18.2. The summed E-state index contributed by atoms with van der Waals surface area (Å²) in [6, 6.07) is 17.7. The molecule has 0 fully saturated rings. The van der Waals surface area contributed by atoms with Crippen molar-refractivity contribution in [3.63, 3.8) is 0 Å². The number of unbranched alkanes of at least 4 members (excludes halogenated alkanes) is 4. The second-order valence-electron chi connectivity index (χ2n) is 7.85. The third-order valence-electron chi connectivity index (χ3n) is 5.14. The number of ether oxygens (including phenoxy) is 2. The molecule has 0 saturated heterocycles. The van der Waals surface area contributed by atoms with E-state index in [0.29, 0.717) is 12.4 Å². The van der Waals surface area contributed by atoms with Gasteiger partial charge in [-0.15, -0.1) is 0 Å². The Morgan fingerprint density at radius 3 is 2.07 bits per heavy atom. The molecule has 4 nitrogen and oxygen atoms in total. The number of hydrogen-bond donors (Lipinski definition) is 0. The number of esters is 2. The molecule has 0 atom stereocenters. The van der Waals surface area contributed by atoms with Gasteiger partial charge in [0.25, 0.3) is 0 Å². The predicted octanol–water partition coefficient (Wildman–Crippen LogP) is 5.99. The molecule has 2 aromatic carbocycles. The van der Waals surface area contributed by atoms with Crippen molar-refractivity contribution in [3.8, 4) is 5.75 Å². The molecule has 0 amide bonds. The van der Waals surface area contributed by atoms with Gasteiger partial charge in [-0.2, -0.15) is 0 Å². The van der Waals surface area contributed by atoms with Gasteiger partial charge in [-0.3, -0.25) is 0 Å². The van der Waals surface area contributed by atoms with E-state index in [1.807, 2.05) is 30.3 Å². The molecule has 0 bridgehead atoms. The summed E-state index contributed by atoms with van der Waals surface area (Å²) < 4.78 is 10.4. The van der Waals surface area contributed by atoms with E-state index < -0.39 is 11.9 Å². The van der Waals surface area contributed by atoms with Gasteiger partial charge in [-0.25, -0.2) is 9.59 Å². The Balaban J connectivity index is 1.81. The fourth-order valence-electron chi connectivity index (χ4n) is 3.17. The molecule has 0 unspecified atom stereocenters. The van der Waals surface area contributed by atoms with E-state index in [4.69, 9.17) is 9.47 Å². The van der Waals surface area contributed by atoms with Crippen molar-refractivity contribution in [3.05, 3.63) is 77.9 Å². The summed E-state index contributed by atoms with van der Waals surface area (Å²) in [6.07, 6.45) is 7.63. The highest BCUT2D eigenvalue weighted by Crippen LogP contribution is 2.32. The first kappa shape index (κ1) is 23.4. The summed E-state index contributed by atoms with van der Waals surface area (Å²) in [5.74, 6) is -0.700. The lowest BCUT2D eigenvalue weighted by Crippen LogP contribution is -2.18. The first-order valence-electron chi connectivity index (χ1n) is 10.7. The van der Waals surface area contributed by atoms with Crippen LogP contribution in [0.3, 0.4) is 0 Å². The Morgan fingerprint density at radius 1 is 0.800 bits per heavy atom. The van der Waals surface area contributed by atoms with E-state index in [2.05, 4.69) is 32.9 Å². The van der Waals surface area contributed by atoms with Crippen LogP contribution in [-0.4, -0.2) is 18.5 Å². The maximum Gasteiger partial charge on any atom is 0.336 e. The number of carbonyl (C=O) groups excluding carboxylic acids is 2. The number of benzene rings is 2. The molecule has 0 aliphatic rings.